The number of nitrogens with zero attached hydrogens (tertiary/aromatic N) is 3. The molecule has 2 fully saturated rings. The highest BCUT2D eigenvalue weighted by molar-refractivity contribution is 9.10. The molecular weight excluding hydrogens is 290 g/mol. The molecule has 1 aromatic heterocycles. The van der Waals surface area contributed by atoms with Gasteiger partial charge in [-0.05, 0) is 48.5 Å². The van der Waals surface area contributed by atoms with E-state index in [0.29, 0.717) is 12.0 Å². The molecule has 3 nitrogen and oxygen atoms in total. The molecule has 98 valence electrons. The smallest absolute Gasteiger partial charge is 0.135 e. The average molecular weight is 310 g/mol. The van der Waals surface area contributed by atoms with Crippen LogP contribution in [0, 0.1) is 0 Å². The standard InChI is InChI=1S/C14H20BrN3/c1-10-5-3-2-4-8-18(10)13-9-12(15)16-14(17-13)11-6-7-11/h9-11H,2-8H2,1H3. The van der Waals surface area contributed by atoms with Gasteiger partial charge in [0.1, 0.15) is 16.2 Å². The van der Waals surface area contributed by atoms with Crippen LogP contribution in [0.25, 0.3) is 0 Å². The Morgan fingerprint density at radius 3 is 2.78 bits per heavy atom. The molecule has 3 rings (SSSR count). The van der Waals surface area contributed by atoms with Gasteiger partial charge in [-0.1, -0.05) is 12.8 Å². The van der Waals surface area contributed by atoms with Crippen LogP contribution >= 0.6 is 15.9 Å². The van der Waals surface area contributed by atoms with Gasteiger partial charge in [0.05, 0.1) is 0 Å². The Morgan fingerprint density at radius 2 is 2.00 bits per heavy atom. The summed E-state index contributed by atoms with van der Waals surface area (Å²) in [6, 6.07) is 2.68. The lowest BCUT2D eigenvalue weighted by Crippen LogP contribution is -2.33. The van der Waals surface area contributed by atoms with E-state index in [2.05, 4.69) is 38.8 Å². The van der Waals surface area contributed by atoms with Gasteiger partial charge in [0, 0.05) is 24.6 Å². The summed E-state index contributed by atoms with van der Waals surface area (Å²) in [5, 5.41) is 0. The lowest BCUT2D eigenvalue weighted by Gasteiger charge is -2.28. The third-order valence-corrected chi connectivity index (χ3v) is 4.39. The average Bonchev–Trinajstić information content (AvgIpc) is 3.15. The number of aromatic nitrogens is 2. The van der Waals surface area contributed by atoms with Crippen LogP contribution in [0.3, 0.4) is 0 Å². The maximum absolute atomic E-state index is 4.80. The van der Waals surface area contributed by atoms with Crippen molar-refractivity contribution in [3.8, 4) is 0 Å². The molecule has 1 aromatic rings. The highest BCUT2D eigenvalue weighted by Gasteiger charge is 2.28. The monoisotopic (exact) mass is 309 g/mol. The Balaban J connectivity index is 1.89. The minimum Gasteiger partial charge on any atom is -0.354 e. The number of hydrogen-bond acceptors (Lipinski definition) is 3. The highest BCUT2D eigenvalue weighted by atomic mass is 79.9. The number of rotatable bonds is 2. The van der Waals surface area contributed by atoms with Crippen LogP contribution in [0.15, 0.2) is 10.7 Å². The Bertz CT molecular complexity index is 431. The quantitative estimate of drug-likeness (QED) is 0.776. The minimum atomic E-state index is 0.598. The fourth-order valence-corrected chi connectivity index (χ4v) is 3.10. The minimum absolute atomic E-state index is 0.598. The lowest BCUT2D eigenvalue weighted by atomic mass is 10.1. The van der Waals surface area contributed by atoms with Gasteiger partial charge < -0.3 is 4.90 Å². The van der Waals surface area contributed by atoms with Gasteiger partial charge in [0.2, 0.25) is 0 Å². The van der Waals surface area contributed by atoms with Crippen LogP contribution in [0.4, 0.5) is 5.82 Å². The summed E-state index contributed by atoms with van der Waals surface area (Å²) in [6.07, 6.45) is 7.77. The zero-order valence-electron chi connectivity index (χ0n) is 10.9. The summed E-state index contributed by atoms with van der Waals surface area (Å²) >= 11 is 3.54. The zero-order valence-corrected chi connectivity index (χ0v) is 12.5. The van der Waals surface area contributed by atoms with E-state index in [1.165, 1.54) is 38.5 Å². The van der Waals surface area contributed by atoms with Gasteiger partial charge >= 0.3 is 0 Å². The molecule has 0 amide bonds. The van der Waals surface area contributed by atoms with Gasteiger partial charge in [0.25, 0.3) is 0 Å². The number of halogens is 1. The van der Waals surface area contributed by atoms with Crippen molar-refractivity contribution in [3.63, 3.8) is 0 Å². The summed E-state index contributed by atoms with van der Waals surface area (Å²) in [4.78, 5) is 11.8. The molecule has 4 heteroatoms. The highest BCUT2D eigenvalue weighted by Crippen LogP contribution is 2.39. The second-order valence-electron chi connectivity index (χ2n) is 5.57. The molecule has 1 atom stereocenters. The third kappa shape index (κ3) is 2.68. The fourth-order valence-electron chi connectivity index (χ4n) is 2.71. The predicted octanol–water partition coefficient (Wildman–Crippen LogP) is 3.89. The first kappa shape index (κ1) is 12.4. The maximum atomic E-state index is 4.80. The van der Waals surface area contributed by atoms with Gasteiger partial charge in [-0.2, -0.15) is 0 Å². The third-order valence-electron chi connectivity index (χ3n) is 3.99. The molecule has 1 aliphatic heterocycles. The summed E-state index contributed by atoms with van der Waals surface area (Å²) < 4.78 is 0.936. The van der Waals surface area contributed by atoms with E-state index in [-0.39, 0.29) is 0 Å². The van der Waals surface area contributed by atoms with E-state index in [1.54, 1.807) is 0 Å². The molecule has 0 bridgehead atoms. The van der Waals surface area contributed by atoms with Gasteiger partial charge in [-0.3, -0.25) is 0 Å². The summed E-state index contributed by atoms with van der Waals surface area (Å²) in [5.41, 5.74) is 0. The van der Waals surface area contributed by atoms with Crippen LogP contribution in [0.1, 0.15) is 57.2 Å². The largest absolute Gasteiger partial charge is 0.354 e. The number of anilines is 1. The lowest BCUT2D eigenvalue weighted by molar-refractivity contribution is 0.609. The Hall–Kier alpha value is -0.640. The predicted molar refractivity (Wildman–Crippen MR) is 77.0 cm³/mol. The van der Waals surface area contributed by atoms with Crippen molar-refractivity contribution in [2.75, 3.05) is 11.4 Å². The van der Waals surface area contributed by atoms with E-state index >= 15 is 0 Å². The van der Waals surface area contributed by atoms with Crippen LogP contribution < -0.4 is 4.90 Å². The van der Waals surface area contributed by atoms with Crippen LogP contribution in [0.5, 0.6) is 0 Å². The van der Waals surface area contributed by atoms with Crippen molar-refractivity contribution in [2.45, 2.75) is 57.4 Å². The van der Waals surface area contributed by atoms with Crippen molar-refractivity contribution in [3.05, 3.63) is 16.5 Å². The second-order valence-corrected chi connectivity index (χ2v) is 6.39. The Labute approximate surface area is 117 Å². The zero-order chi connectivity index (χ0) is 12.5. The molecule has 1 unspecified atom stereocenters. The normalized spacial score (nSPS) is 25.0. The van der Waals surface area contributed by atoms with Crippen molar-refractivity contribution in [1.82, 2.24) is 9.97 Å². The summed E-state index contributed by atoms with van der Waals surface area (Å²) in [6.45, 7) is 3.45. The van der Waals surface area contributed by atoms with Crippen LogP contribution in [-0.4, -0.2) is 22.6 Å². The van der Waals surface area contributed by atoms with Crippen molar-refractivity contribution in [2.24, 2.45) is 0 Å². The molecule has 0 N–H and O–H groups in total. The van der Waals surface area contributed by atoms with Crippen molar-refractivity contribution in [1.29, 1.82) is 0 Å². The molecule has 18 heavy (non-hydrogen) atoms. The molecule has 2 aliphatic rings. The molecule has 1 aliphatic carbocycles. The SMILES string of the molecule is CC1CCCCCN1c1cc(Br)nc(C2CC2)n1. The van der Waals surface area contributed by atoms with Crippen LogP contribution in [0.2, 0.25) is 0 Å². The van der Waals surface area contributed by atoms with Crippen molar-refractivity contribution < 1.29 is 0 Å². The summed E-state index contributed by atoms with van der Waals surface area (Å²) in [7, 11) is 0. The van der Waals surface area contributed by atoms with Gasteiger partial charge in [0.15, 0.2) is 0 Å². The molecule has 0 radical (unpaired) electrons. The molecule has 1 saturated heterocycles. The molecule has 0 aromatic carbocycles. The Kier molecular flexibility index (Phi) is 3.55. The molecule has 2 heterocycles. The fraction of sp³-hybridized carbons (Fsp3) is 0.714. The Morgan fingerprint density at radius 1 is 1.17 bits per heavy atom. The first-order chi connectivity index (χ1) is 8.74. The molecule has 0 spiro atoms. The second kappa shape index (κ2) is 5.16. The molecular formula is C14H20BrN3. The van der Waals surface area contributed by atoms with Gasteiger partial charge in [-0.25, -0.2) is 9.97 Å². The van der Waals surface area contributed by atoms with Crippen molar-refractivity contribution >= 4 is 21.7 Å². The van der Waals surface area contributed by atoms with E-state index in [4.69, 9.17) is 4.98 Å². The van der Waals surface area contributed by atoms with E-state index in [9.17, 15) is 0 Å². The maximum Gasteiger partial charge on any atom is 0.135 e. The van der Waals surface area contributed by atoms with Gasteiger partial charge in [-0.15, -0.1) is 0 Å². The topological polar surface area (TPSA) is 29.0 Å². The van der Waals surface area contributed by atoms with Crippen LogP contribution in [-0.2, 0) is 0 Å². The molecule has 1 saturated carbocycles. The van der Waals surface area contributed by atoms with E-state index in [1.807, 2.05) is 0 Å². The first-order valence-electron chi connectivity index (χ1n) is 7.05. The van der Waals surface area contributed by atoms with E-state index < -0.39 is 0 Å². The van der Waals surface area contributed by atoms with E-state index in [0.717, 1.165) is 22.8 Å². The summed E-state index contributed by atoms with van der Waals surface area (Å²) in [5.74, 6) is 2.77. The first-order valence-corrected chi connectivity index (χ1v) is 7.84. The number of hydrogen-bond donors (Lipinski definition) is 0.